The standard InChI is InChI=1S/C21H23ClN4O2/c1-25(2)19(16-10-6-7-11-17(16)22)13-23-20(27)12-18-14-8-4-5-9-15(14)21(28)26(3)24-18/h4-11,19H,12-13H2,1-3H3,(H,23,27)/t19-/m0/s1. The molecule has 2 aromatic carbocycles. The summed E-state index contributed by atoms with van der Waals surface area (Å²) in [6.07, 6.45) is 0.0945. The van der Waals surface area contributed by atoms with Gasteiger partial charge in [0.15, 0.2) is 0 Å². The molecule has 0 radical (unpaired) electrons. The Hall–Kier alpha value is -2.70. The van der Waals surface area contributed by atoms with Crippen LogP contribution < -0.4 is 10.9 Å². The fourth-order valence-corrected chi connectivity index (χ4v) is 3.51. The zero-order chi connectivity index (χ0) is 20.3. The van der Waals surface area contributed by atoms with Gasteiger partial charge in [-0.2, -0.15) is 5.10 Å². The third-order valence-corrected chi connectivity index (χ3v) is 5.09. The van der Waals surface area contributed by atoms with E-state index in [-0.39, 0.29) is 23.9 Å². The van der Waals surface area contributed by atoms with Gasteiger partial charge in [0.2, 0.25) is 5.91 Å². The fourth-order valence-electron chi connectivity index (χ4n) is 3.25. The maximum absolute atomic E-state index is 12.6. The Morgan fingerprint density at radius 2 is 1.79 bits per heavy atom. The second-order valence-electron chi connectivity index (χ2n) is 6.90. The van der Waals surface area contributed by atoms with Crippen molar-refractivity contribution in [2.45, 2.75) is 12.5 Å². The van der Waals surface area contributed by atoms with Crippen molar-refractivity contribution in [1.82, 2.24) is 20.0 Å². The Labute approximate surface area is 168 Å². The Balaban J connectivity index is 1.77. The molecule has 0 aliphatic carbocycles. The van der Waals surface area contributed by atoms with Crippen molar-refractivity contribution < 1.29 is 4.79 Å². The highest BCUT2D eigenvalue weighted by Crippen LogP contribution is 2.25. The average molecular weight is 399 g/mol. The largest absolute Gasteiger partial charge is 0.354 e. The van der Waals surface area contributed by atoms with Crippen LogP contribution in [0.5, 0.6) is 0 Å². The zero-order valence-electron chi connectivity index (χ0n) is 16.1. The fraction of sp³-hybridized carbons (Fsp3) is 0.286. The van der Waals surface area contributed by atoms with Crippen LogP contribution in [0.2, 0.25) is 5.02 Å². The molecule has 3 aromatic rings. The molecule has 0 bridgehead atoms. The first-order chi connectivity index (χ1) is 13.4. The second-order valence-corrected chi connectivity index (χ2v) is 7.31. The van der Waals surface area contributed by atoms with Gasteiger partial charge in [-0.1, -0.05) is 48.0 Å². The maximum Gasteiger partial charge on any atom is 0.274 e. The van der Waals surface area contributed by atoms with Crippen molar-refractivity contribution >= 4 is 28.3 Å². The summed E-state index contributed by atoms with van der Waals surface area (Å²) in [6.45, 7) is 0.416. The van der Waals surface area contributed by atoms with E-state index in [9.17, 15) is 9.59 Å². The first kappa shape index (κ1) is 20.0. The maximum atomic E-state index is 12.6. The van der Waals surface area contributed by atoms with E-state index >= 15 is 0 Å². The molecule has 0 saturated carbocycles. The molecule has 1 aromatic heterocycles. The van der Waals surface area contributed by atoms with Crippen molar-refractivity contribution in [3.05, 3.63) is 75.2 Å². The number of nitrogens with one attached hydrogen (secondary N) is 1. The van der Waals surface area contributed by atoms with Crippen molar-refractivity contribution in [1.29, 1.82) is 0 Å². The SMILES string of the molecule is CN(C)[C@@H](CNC(=O)Cc1nn(C)c(=O)c2ccccc12)c1ccccc1Cl. The van der Waals surface area contributed by atoms with Crippen LogP contribution in [0.25, 0.3) is 10.8 Å². The first-order valence-electron chi connectivity index (χ1n) is 9.01. The molecular formula is C21H23ClN4O2. The predicted octanol–water partition coefficient (Wildman–Crippen LogP) is 2.55. The van der Waals surface area contributed by atoms with E-state index in [2.05, 4.69) is 10.4 Å². The van der Waals surface area contributed by atoms with E-state index in [1.807, 2.05) is 55.4 Å². The van der Waals surface area contributed by atoms with Gasteiger partial charge < -0.3 is 10.2 Å². The molecule has 1 N–H and O–H groups in total. The summed E-state index contributed by atoms with van der Waals surface area (Å²) in [5.41, 5.74) is 1.36. The average Bonchev–Trinajstić information content (AvgIpc) is 2.67. The number of likely N-dealkylation sites (N-methyl/N-ethyl adjacent to an activating group) is 1. The minimum Gasteiger partial charge on any atom is -0.354 e. The highest BCUT2D eigenvalue weighted by atomic mass is 35.5. The number of hydrogen-bond acceptors (Lipinski definition) is 4. The van der Waals surface area contributed by atoms with E-state index in [1.165, 1.54) is 4.68 Å². The minimum absolute atomic E-state index is 0.0533. The summed E-state index contributed by atoms with van der Waals surface area (Å²) in [5.74, 6) is -0.157. The summed E-state index contributed by atoms with van der Waals surface area (Å²) in [5, 5.41) is 9.19. The first-order valence-corrected chi connectivity index (χ1v) is 9.38. The summed E-state index contributed by atoms with van der Waals surface area (Å²) in [7, 11) is 5.49. The van der Waals surface area contributed by atoms with Crippen LogP contribution in [0.4, 0.5) is 0 Å². The van der Waals surface area contributed by atoms with E-state index in [1.54, 1.807) is 19.2 Å². The van der Waals surface area contributed by atoms with Crippen molar-refractivity contribution in [2.75, 3.05) is 20.6 Å². The lowest BCUT2D eigenvalue weighted by atomic mass is 10.1. The van der Waals surface area contributed by atoms with Gasteiger partial charge in [0.1, 0.15) is 0 Å². The van der Waals surface area contributed by atoms with Gasteiger partial charge in [0, 0.05) is 24.0 Å². The van der Waals surface area contributed by atoms with Crippen LogP contribution in [0.1, 0.15) is 17.3 Å². The minimum atomic E-state index is -0.175. The Morgan fingerprint density at radius 3 is 2.46 bits per heavy atom. The van der Waals surface area contributed by atoms with Crippen LogP contribution in [0, 0.1) is 0 Å². The molecule has 6 nitrogen and oxygen atoms in total. The number of aryl methyl sites for hydroxylation is 1. The van der Waals surface area contributed by atoms with Crippen LogP contribution in [0.3, 0.4) is 0 Å². The number of halogens is 1. The molecule has 0 spiro atoms. The molecule has 1 amide bonds. The number of hydrogen-bond donors (Lipinski definition) is 1. The van der Waals surface area contributed by atoms with Gasteiger partial charge in [0.05, 0.1) is 23.5 Å². The van der Waals surface area contributed by atoms with Gasteiger partial charge in [-0.3, -0.25) is 9.59 Å². The van der Waals surface area contributed by atoms with Gasteiger partial charge >= 0.3 is 0 Å². The quantitative estimate of drug-likeness (QED) is 0.693. The third kappa shape index (κ3) is 4.24. The molecule has 1 atom stereocenters. The third-order valence-electron chi connectivity index (χ3n) is 4.74. The van der Waals surface area contributed by atoms with Crippen molar-refractivity contribution in [3.63, 3.8) is 0 Å². The van der Waals surface area contributed by atoms with E-state index in [0.29, 0.717) is 28.0 Å². The number of aromatic nitrogens is 2. The Bertz CT molecular complexity index is 1060. The molecule has 3 rings (SSSR count). The lowest BCUT2D eigenvalue weighted by molar-refractivity contribution is -0.120. The number of carbonyl (C=O) groups excluding carboxylic acids is 1. The van der Waals surface area contributed by atoms with Crippen LogP contribution >= 0.6 is 11.6 Å². The van der Waals surface area contributed by atoms with Crippen molar-refractivity contribution in [2.24, 2.45) is 7.05 Å². The summed E-state index contributed by atoms with van der Waals surface area (Å²) in [6, 6.07) is 14.8. The molecule has 0 unspecified atom stereocenters. The van der Waals surface area contributed by atoms with E-state index < -0.39 is 0 Å². The summed E-state index contributed by atoms with van der Waals surface area (Å²) >= 11 is 6.32. The van der Waals surface area contributed by atoms with Crippen LogP contribution in [0.15, 0.2) is 53.3 Å². The number of benzene rings is 2. The summed E-state index contributed by atoms with van der Waals surface area (Å²) < 4.78 is 1.28. The smallest absolute Gasteiger partial charge is 0.274 e. The van der Waals surface area contributed by atoms with Crippen molar-refractivity contribution in [3.8, 4) is 0 Å². The van der Waals surface area contributed by atoms with E-state index in [0.717, 1.165) is 5.56 Å². The predicted molar refractivity (Wildman–Crippen MR) is 112 cm³/mol. The molecule has 0 aliphatic heterocycles. The number of nitrogens with zero attached hydrogens (tertiary/aromatic N) is 3. The lowest BCUT2D eigenvalue weighted by Crippen LogP contribution is -2.36. The number of rotatable bonds is 6. The van der Waals surface area contributed by atoms with E-state index in [4.69, 9.17) is 11.6 Å². The molecule has 7 heteroatoms. The molecule has 146 valence electrons. The summed E-state index contributed by atoms with van der Waals surface area (Å²) in [4.78, 5) is 26.8. The number of amides is 1. The normalized spacial score (nSPS) is 12.3. The molecule has 28 heavy (non-hydrogen) atoms. The molecule has 0 fully saturated rings. The zero-order valence-corrected chi connectivity index (χ0v) is 16.9. The highest BCUT2D eigenvalue weighted by molar-refractivity contribution is 6.31. The van der Waals surface area contributed by atoms with Gasteiger partial charge in [0.25, 0.3) is 5.56 Å². The molecule has 0 aliphatic rings. The topological polar surface area (TPSA) is 67.2 Å². The van der Waals surface area contributed by atoms with Gasteiger partial charge in [-0.05, 0) is 31.8 Å². The monoisotopic (exact) mass is 398 g/mol. The second kappa shape index (κ2) is 8.54. The lowest BCUT2D eigenvalue weighted by Gasteiger charge is -2.26. The van der Waals surface area contributed by atoms with Gasteiger partial charge in [-0.15, -0.1) is 0 Å². The number of fused-ring (bicyclic) bond motifs is 1. The number of carbonyl (C=O) groups is 1. The molecule has 1 heterocycles. The Morgan fingerprint density at radius 1 is 1.14 bits per heavy atom. The van der Waals surface area contributed by atoms with Gasteiger partial charge in [-0.25, -0.2) is 4.68 Å². The molecule has 0 saturated heterocycles. The molecular weight excluding hydrogens is 376 g/mol. The highest BCUT2D eigenvalue weighted by Gasteiger charge is 2.19. The Kier molecular flexibility index (Phi) is 6.11. The van der Waals surface area contributed by atoms with Crippen LogP contribution in [-0.4, -0.2) is 41.2 Å². The van der Waals surface area contributed by atoms with Crippen LogP contribution in [-0.2, 0) is 18.3 Å².